The minimum atomic E-state index is -4.03. The fourth-order valence-electron chi connectivity index (χ4n) is 2.66. The normalized spacial score (nSPS) is 14.5. The van der Waals surface area contributed by atoms with Crippen LogP contribution in [0.4, 0.5) is 5.69 Å². The van der Waals surface area contributed by atoms with Crippen LogP contribution in [0.2, 0.25) is 0 Å². The third kappa shape index (κ3) is 4.09. The number of hydrogen-bond acceptors (Lipinski definition) is 5. The summed E-state index contributed by atoms with van der Waals surface area (Å²) >= 11 is 0. The van der Waals surface area contributed by atoms with E-state index in [4.69, 9.17) is 4.84 Å². The molecule has 2 N–H and O–H groups in total. The van der Waals surface area contributed by atoms with E-state index in [0.29, 0.717) is 11.4 Å². The molecule has 25 heavy (non-hydrogen) atoms. The van der Waals surface area contributed by atoms with Crippen molar-refractivity contribution in [3.05, 3.63) is 54.1 Å². The van der Waals surface area contributed by atoms with Crippen LogP contribution in [0.25, 0.3) is 0 Å². The van der Waals surface area contributed by atoms with Crippen molar-refractivity contribution in [2.45, 2.75) is 17.7 Å². The average Bonchev–Trinajstić information content (AvgIpc) is 3.15. The number of carbonyl (C=O) groups is 1. The van der Waals surface area contributed by atoms with E-state index in [1.807, 2.05) is 9.79 Å². The minimum Gasteiger partial charge on any atom is -0.478 e. The Morgan fingerprint density at radius 1 is 1.08 bits per heavy atom. The molecular formula is C17H18N2O5S. The topological polar surface area (TPSA) is 95.9 Å². The van der Waals surface area contributed by atoms with Gasteiger partial charge in [0.2, 0.25) is 0 Å². The molecule has 0 radical (unpaired) electrons. The molecule has 0 spiro atoms. The van der Waals surface area contributed by atoms with Crippen LogP contribution in [0.1, 0.15) is 23.2 Å². The van der Waals surface area contributed by atoms with Gasteiger partial charge in [0.05, 0.1) is 10.5 Å². The molecule has 0 unspecified atom stereocenters. The summed E-state index contributed by atoms with van der Waals surface area (Å²) in [5, 5.41) is 9.29. The molecule has 1 fully saturated rings. The highest BCUT2D eigenvalue weighted by Crippen LogP contribution is 2.25. The Labute approximate surface area is 145 Å². The van der Waals surface area contributed by atoms with Crippen molar-refractivity contribution in [3.63, 3.8) is 0 Å². The van der Waals surface area contributed by atoms with Crippen LogP contribution in [0.3, 0.4) is 0 Å². The molecule has 1 aliphatic heterocycles. The van der Waals surface area contributed by atoms with Crippen molar-refractivity contribution in [1.82, 2.24) is 4.89 Å². The lowest BCUT2D eigenvalue weighted by Crippen LogP contribution is -2.28. The number of anilines is 1. The lowest BCUT2D eigenvalue weighted by Gasteiger charge is -2.19. The number of benzene rings is 2. The number of aromatic carboxylic acids is 1. The standard InChI is InChI=1S/C17H18N2O5S/c20-17(21)13-10-14(19-8-4-5-9-19)12-16(11-13)25(22,23)18-24-15-6-2-1-3-7-15/h1-3,6-7,10-12,18H,4-5,8-9H2,(H,20,21). The molecule has 2 aromatic rings. The second-order valence-corrected chi connectivity index (χ2v) is 7.36. The van der Waals surface area contributed by atoms with Crippen LogP contribution in [0, 0.1) is 0 Å². The Morgan fingerprint density at radius 3 is 2.40 bits per heavy atom. The molecule has 0 bridgehead atoms. The maximum absolute atomic E-state index is 12.5. The van der Waals surface area contributed by atoms with Crippen LogP contribution < -0.4 is 14.6 Å². The van der Waals surface area contributed by atoms with Crippen molar-refractivity contribution in [1.29, 1.82) is 0 Å². The van der Waals surface area contributed by atoms with E-state index in [-0.39, 0.29) is 10.5 Å². The largest absolute Gasteiger partial charge is 0.478 e. The fraction of sp³-hybridized carbons (Fsp3) is 0.235. The van der Waals surface area contributed by atoms with Gasteiger partial charge in [-0.2, -0.15) is 0 Å². The molecular weight excluding hydrogens is 344 g/mol. The Bertz CT molecular complexity index is 862. The van der Waals surface area contributed by atoms with Crippen LogP contribution in [-0.2, 0) is 10.0 Å². The SMILES string of the molecule is O=C(O)c1cc(N2CCCC2)cc(S(=O)(=O)NOc2ccccc2)c1. The molecule has 0 aromatic heterocycles. The van der Waals surface area contributed by atoms with Crippen molar-refractivity contribution in [3.8, 4) is 5.75 Å². The first-order valence-electron chi connectivity index (χ1n) is 7.83. The summed E-state index contributed by atoms with van der Waals surface area (Å²) in [7, 11) is -4.03. The van der Waals surface area contributed by atoms with Crippen molar-refractivity contribution in [2.75, 3.05) is 18.0 Å². The summed E-state index contributed by atoms with van der Waals surface area (Å²) < 4.78 is 25.0. The summed E-state index contributed by atoms with van der Waals surface area (Å²) in [5.74, 6) is -0.846. The number of carboxylic acids is 1. The summed E-state index contributed by atoms with van der Waals surface area (Å²) in [6.45, 7) is 1.55. The Balaban J connectivity index is 1.89. The zero-order chi connectivity index (χ0) is 17.9. The van der Waals surface area contributed by atoms with E-state index >= 15 is 0 Å². The van der Waals surface area contributed by atoms with Crippen LogP contribution >= 0.6 is 0 Å². The first kappa shape index (κ1) is 17.2. The molecule has 7 nitrogen and oxygen atoms in total. The second kappa shape index (κ2) is 7.12. The zero-order valence-electron chi connectivity index (χ0n) is 13.4. The van der Waals surface area contributed by atoms with E-state index in [1.54, 1.807) is 30.3 Å². The van der Waals surface area contributed by atoms with E-state index in [2.05, 4.69) is 0 Å². The van der Waals surface area contributed by atoms with Gasteiger partial charge in [0.1, 0.15) is 5.75 Å². The predicted octanol–water partition coefficient (Wildman–Crippen LogP) is 2.26. The van der Waals surface area contributed by atoms with Gasteiger partial charge in [-0.1, -0.05) is 18.2 Å². The van der Waals surface area contributed by atoms with Gasteiger partial charge < -0.3 is 14.8 Å². The van der Waals surface area contributed by atoms with Crippen molar-refractivity contribution < 1.29 is 23.2 Å². The number of carboxylic acid groups (broad SMARTS) is 1. The van der Waals surface area contributed by atoms with Gasteiger partial charge in [-0.15, -0.1) is 0 Å². The molecule has 3 rings (SSSR count). The highest BCUT2D eigenvalue weighted by Gasteiger charge is 2.22. The number of hydrogen-bond donors (Lipinski definition) is 2. The minimum absolute atomic E-state index is 0.0792. The zero-order valence-corrected chi connectivity index (χ0v) is 14.2. The van der Waals surface area contributed by atoms with Gasteiger partial charge in [-0.25, -0.2) is 13.2 Å². The number of sulfonamides is 1. The van der Waals surface area contributed by atoms with E-state index in [1.165, 1.54) is 12.1 Å². The molecule has 0 saturated carbocycles. The molecule has 1 heterocycles. The number of nitrogens with zero attached hydrogens (tertiary/aromatic N) is 1. The van der Waals surface area contributed by atoms with Gasteiger partial charge in [-0.3, -0.25) is 0 Å². The van der Waals surface area contributed by atoms with Gasteiger partial charge in [-0.05, 0) is 48.1 Å². The molecule has 0 amide bonds. The molecule has 0 atom stereocenters. The van der Waals surface area contributed by atoms with Gasteiger partial charge >= 0.3 is 5.97 Å². The van der Waals surface area contributed by atoms with Crippen molar-refractivity contribution in [2.24, 2.45) is 0 Å². The lowest BCUT2D eigenvalue weighted by molar-refractivity contribution is 0.0696. The Kier molecular flexibility index (Phi) is 4.91. The first-order valence-corrected chi connectivity index (χ1v) is 9.31. The second-order valence-electron chi connectivity index (χ2n) is 5.72. The average molecular weight is 362 g/mol. The predicted molar refractivity (Wildman–Crippen MR) is 92.2 cm³/mol. The van der Waals surface area contributed by atoms with Crippen molar-refractivity contribution >= 4 is 21.7 Å². The van der Waals surface area contributed by atoms with Gasteiger partial charge in [0, 0.05) is 18.8 Å². The molecule has 8 heteroatoms. The summed E-state index contributed by atoms with van der Waals surface area (Å²) in [6.07, 6.45) is 1.99. The van der Waals surface area contributed by atoms with E-state index in [0.717, 1.165) is 32.0 Å². The summed E-state index contributed by atoms with van der Waals surface area (Å²) in [5.41, 5.74) is 0.502. The maximum Gasteiger partial charge on any atom is 0.335 e. The monoisotopic (exact) mass is 362 g/mol. The molecule has 2 aromatic carbocycles. The number of rotatable bonds is 6. The van der Waals surface area contributed by atoms with E-state index < -0.39 is 16.0 Å². The molecule has 132 valence electrons. The third-order valence-electron chi connectivity index (χ3n) is 3.93. The fourth-order valence-corrected chi connectivity index (χ4v) is 3.52. The van der Waals surface area contributed by atoms with Gasteiger partial charge in [0.25, 0.3) is 10.0 Å². The Morgan fingerprint density at radius 2 is 1.76 bits per heavy atom. The Hall–Kier alpha value is -2.58. The molecule has 0 aliphatic carbocycles. The smallest absolute Gasteiger partial charge is 0.335 e. The first-order chi connectivity index (χ1) is 12.0. The summed E-state index contributed by atoms with van der Waals surface area (Å²) in [6, 6.07) is 12.5. The number of nitrogens with one attached hydrogen (secondary N) is 1. The summed E-state index contributed by atoms with van der Waals surface area (Å²) in [4.78, 5) is 20.3. The highest BCUT2D eigenvalue weighted by molar-refractivity contribution is 7.89. The maximum atomic E-state index is 12.5. The lowest BCUT2D eigenvalue weighted by atomic mass is 10.2. The molecule has 1 aliphatic rings. The highest BCUT2D eigenvalue weighted by atomic mass is 32.2. The van der Waals surface area contributed by atoms with Crippen LogP contribution in [0.15, 0.2) is 53.4 Å². The van der Waals surface area contributed by atoms with Crippen LogP contribution in [-0.4, -0.2) is 32.6 Å². The quantitative estimate of drug-likeness (QED) is 0.765. The van der Waals surface area contributed by atoms with Crippen LogP contribution in [0.5, 0.6) is 5.75 Å². The third-order valence-corrected chi connectivity index (χ3v) is 5.09. The molecule has 1 saturated heterocycles. The van der Waals surface area contributed by atoms with Gasteiger partial charge in [0.15, 0.2) is 0 Å². The number of para-hydroxylation sites is 1. The van der Waals surface area contributed by atoms with E-state index in [9.17, 15) is 18.3 Å².